The van der Waals surface area contributed by atoms with E-state index < -0.39 is 11.2 Å². The molecule has 0 aliphatic carbocycles. The van der Waals surface area contributed by atoms with Crippen molar-refractivity contribution in [2.45, 2.75) is 5.25 Å². The third-order valence-electron chi connectivity index (χ3n) is 0.866. The van der Waals surface area contributed by atoms with E-state index >= 15 is 0 Å². The summed E-state index contributed by atoms with van der Waals surface area (Å²) in [4.78, 5) is 20.6. The number of hydrogen-bond acceptors (Lipinski definition) is 4. The SMILES string of the molecule is O=C1SC[C@@H](C(=O)O)S1. The van der Waals surface area contributed by atoms with Gasteiger partial charge in [-0.25, -0.2) is 0 Å². The maximum absolute atomic E-state index is 10.4. The summed E-state index contributed by atoms with van der Waals surface area (Å²) in [5.74, 6) is -0.475. The molecule has 9 heavy (non-hydrogen) atoms. The molecule has 0 amide bonds. The van der Waals surface area contributed by atoms with Gasteiger partial charge >= 0.3 is 5.97 Å². The van der Waals surface area contributed by atoms with Crippen LogP contribution in [0.1, 0.15) is 0 Å². The number of aliphatic carboxylic acids is 1. The molecule has 0 spiro atoms. The molecule has 1 aliphatic heterocycles. The van der Waals surface area contributed by atoms with Crippen molar-refractivity contribution in [1.82, 2.24) is 0 Å². The van der Waals surface area contributed by atoms with Crippen LogP contribution in [0.5, 0.6) is 0 Å². The molecule has 1 aliphatic rings. The van der Waals surface area contributed by atoms with Gasteiger partial charge in [0.2, 0.25) is 4.45 Å². The molecule has 5 heteroatoms. The second kappa shape index (κ2) is 2.62. The Bertz CT molecular complexity index is 156. The van der Waals surface area contributed by atoms with E-state index in [-0.39, 0.29) is 4.45 Å². The highest BCUT2D eigenvalue weighted by Crippen LogP contribution is 2.32. The van der Waals surface area contributed by atoms with Gasteiger partial charge in [-0.1, -0.05) is 23.5 Å². The molecule has 1 heterocycles. The van der Waals surface area contributed by atoms with Crippen molar-refractivity contribution in [3.05, 3.63) is 0 Å². The van der Waals surface area contributed by atoms with Gasteiger partial charge < -0.3 is 5.11 Å². The summed E-state index contributed by atoms with van der Waals surface area (Å²) in [6.45, 7) is 0. The van der Waals surface area contributed by atoms with Crippen LogP contribution in [-0.2, 0) is 4.79 Å². The highest BCUT2D eigenvalue weighted by Gasteiger charge is 2.29. The highest BCUT2D eigenvalue weighted by molar-refractivity contribution is 8.41. The van der Waals surface area contributed by atoms with Crippen LogP contribution < -0.4 is 0 Å². The first-order chi connectivity index (χ1) is 4.20. The van der Waals surface area contributed by atoms with E-state index in [0.29, 0.717) is 5.75 Å². The van der Waals surface area contributed by atoms with Gasteiger partial charge in [-0.15, -0.1) is 0 Å². The Balaban J connectivity index is 2.48. The van der Waals surface area contributed by atoms with Crippen molar-refractivity contribution in [3.8, 4) is 0 Å². The third-order valence-corrected chi connectivity index (χ3v) is 3.30. The van der Waals surface area contributed by atoms with Crippen LogP contribution in [0, 0.1) is 0 Å². The molecule has 0 bridgehead atoms. The van der Waals surface area contributed by atoms with Crippen molar-refractivity contribution in [2.75, 3.05) is 5.75 Å². The fraction of sp³-hybridized carbons (Fsp3) is 0.500. The van der Waals surface area contributed by atoms with E-state index in [0.717, 1.165) is 23.5 Å². The lowest BCUT2D eigenvalue weighted by molar-refractivity contribution is -0.135. The monoisotopic (exact) mass is 164 g/mol. The zero-order chi connectivity index (χ0) is 6.85. The van der Waals surface area contributed by atoms with Crippen LogP contribution in [0.25, 0.3) is 0 Å². The number of carbonyl (C=O) groups is 2. The van der Waals surface area contributed by atoms with Crippen molar-refractivity contribution in [2.24, 2.45) is 0 Å². The summed E-state index contributed by atoms with van der Waals surface area (Å²) in [7, 11) is 0. The third kappa shape index (κ3) is 1.62. The fourth-order valence-corrected chi connectivity index (χ4v) is 2.51. The number of thioether (sulfide) groups is 2. The normalized spacial score (nSPS) is 26.7. The zero-order valence-corrected chi connectivity index (χ0v) is 6.00. The first-order valence-electron chi connectivity index (χ1n) is 2.26. The van der Waals surface area contributed by atoms with Gasteiger partial charge in [0.25, 0.3) is 0 Å². The summed E-state index contributed by atoms with van der Waals surface area (Å²) in [6, 6.07) is 0. The van der Waals surface area contributed by atoms with E-state index in [4.69, 9.17) is 5.11 Å². The molecule has 50 valence electrons. The Labute approximate surface area is 60.2 Å². The Morgan fingerprint density at radius 3 is 2.67 bits per heavy atom. The molecule has 0 saturated carbocycles. The Morgan fingerprint density at radius 1 is 1.78 bits per heavy atom. The minimum absolute atomic E-state index is 0.0811. The number of hydrogen-bond donors (Lipinski definition) is 1. The predicted octanol–water partition coefficient (Wildman–Crippen LogP) is 1.04. The molecule has 1 rings (SSSR count). The molecule has 1 fully saturated rings. The van der Waals surface area contributed by atoms with Crippen LogP contribution >= 0.6 is 23.5 Å². The summed E-state index contributed by atoms with van der Waals surface area (Å²) in [6.07, 6.45) is 0. The molecule has 0 radical (unpaired) electrons. The van der Waals surface area contributed by atoms with Gasteiger partial charge in [0.15, 0.2) is 0 Å². The lowest BCUT2D eigenvalue weighted by atomic mass is 10.5. The number of carboxylic acids is 1. The highest BCUT2D eigenvalue weighted by atomic mass is 32.2. The minimum Gasteiger partial charge on any atom is -0.480 e. The largest absolute Gasteiger partial charge is 0.480 e. The smallest absolute Gasteiger partial charge is 0.317 e. The average Bonchev–Trinajstić information content (AvgIpc) is 2.14. The molecular formula is C4H4O3S2. The van der Waals surface area contributed by atoms with Gasteiger partial charge in [0.1, 0.15) is 5.25 Å². The number of carboxylic acid groups (broad SMARTS) is 1. The first kappa shape index (κ1) is 6.95. The summed E-state index contributed by atoms with van der Waals surface area (Å²) in [5, 5.41) is 7.83. The van der Waals surface area contributed by atoms with E-state index in [1.165, 1.54) is 0 Å². The molecule has 3 nitrogen and oxygen atoms in total. The number of rotatable bonds is 1. The fourth-order valence-electron chi connectivity index (χ4n) is 0.450. The maximum Gasteiger partial charge on any atom is 0.317 e. The summed E-state index contributed by atoms with van der Waals surface area (Å²) < 4.78 is -0.0811. The van der Waals surface area contributed by atoms with Crippen LogP contribution in [0.3, 0.4) is 0 Å². The quantitative estimate of drug-likeness (QED) is 0.627. The van der Waals surface area contributed by atoms with Crippen LogP contribution in [0.2, 0.25) is 0 Å². The molecule has 1 N–H and O–H groups in total. The Hall–Kier alpha value is -0.160. The average molecular weight is 164 g/mol. The maximum atomic E-state index is 10.4. The number of carbonyl (C=O) groups excluding carboxylic acids is 1. The Morgan fingerprint density at radius 2 is 2.44 bits per heavy atom. The zero-order valence-electron chi connectivity index (χ0n) is 4.36. The van der Waals surface area contributed by atoms with Gasteiger partial charge in [-0.2, -0.15) is 0 Å². The van der Waals surface area contributed by atoms with Crippen molar-refractivity contribution in [3.63, 3.8) is 0 Å². The van der Waals surface area contributed by atoms with Crippen molar-refractivity contribution < 1.29 is 14.7 Å². The van der Waals surface area contributed by atoms with Crippen LogP contribution in [0.4, 0.5) is 4.79 Å². The van der Waals surface area contributed by atoms with Crippen molar-refractivity contribution >= 4 is 33.9 Å². The Kier molecular flexibility index (Phi) is 2.02. The minimum atomic E-state index is -0.890. The van der Waals surface area contributed by atoms with E-state index in [1.54, 1.807) is 0 Å². The molecule has 0 aromatic carbocycles. The second-order valence-corrected chi connectivity index (χ2v) is 3.93. The van der Waals surface area contributed by atoms with Gasteiger partial charge in [0.05, 0.1) is 0 Å². The van der Waals surface area contributed by atoms with Gasteiger partial charge in [-0.3, -0.25) is 9.59 Å². The van der Waals surface area contributed by atoms with Gasteiger partial charge in [0, 0.05) is 5.75 Å². The topological polar surface area (TPSA) is 54.4 Å². The predicted molar refractivity (Wildman–Crippen MR) is 36.9 cm³/mol. The molecule has 1 saturated heterocycles. The lowest BCUT2D eigenvalue weighted by Crippen LogP contribution is -2.14. The summed E-state index contributed by atoms with van der Waals surface area (Å²) in [5.41, 5.74) is 0. The van der Waals surface area contributed by atoms with E-state index in [1.807, 2.05) is 0 Å². The van der Waals surface area contributed by atoms with E-state index in [2.05, 4.69) is 0 Å². The van der Waals surface area contributed by atoms with Crippen LogP contribution in [0.15, 0.2) is 0 Å². The van der Waals surface area contributed by atoms with Crippen molar-refractivity contribution in [1.29, 1.82) is 0 Å². The molecule has 0 unspecified atom stereocenters. The molecule has 1 atom stereocenters. The standard InChI is InChI=1S/C4H4O3S2/c5-3(6)2-1-8-4(7)9-2/h2H,1H2,(H,5,6)/t2-/m0/s1. The van der Waals surface area contributed by atoms with Crippen LogP contribution in [-0.4, -0.2) is 26.5 Å². The molecule has 0 aromatic rings. The van der Waals surface area contributed by atoms with Gasteiger partial charge in [-0.05, 0) is 0 Å². The summed E-state index contributed by atoms with van der Waals surface area (Å²) >= 11 is 1.98. The van der Waals surface area contributed by atoms with E-state index in [9.17, 15) is 9.59 Å². The molecular weight excluding hydrogens is 160 g/mol. The molecule has 0 aromatic heterocycles. The second-order valence-electron chi connectivity index (χ2n) is 1.51. The lowest BCUT2D eigenvalue weighted by Gasteiger charge is -1.94. The first-order valence-corrected chi connectivity index (χ1v) is 4.13.